The molecule has 7 rings (SSSR count). The molecule has 0 spiro atoms. The van der Waals surface area contributed by atoms with E-state index < -0.39 is 0 Å². The fourth-order valence-electron chi connectivity index (χ4n) is 7.96. The van der Waals surface area contributed by atoms with Gasteiger partial charge in [0.2, 0.25) is 0 Å². The minimum atomic E-state index is -0.356. The molecule has 1 saturated heterocycles. The van der Waals surface area contributed by atoms with Crippen LogP contribution in [-0.4, -0.2) is 63.6 Å². The molecule has 2 aromatic carbocycles. The first kappa shape index (κ1) is 30.9. The number of halogens is 1. The zero-order chi connectivity index (χ0) is 32.0. The molecule has 0 radical (unpaired) electrons. The number of guanidine groups is 1. The van der Waals surface area contributed by atoms with Crippen LogP contribution in [-0.2, 0) is 13.0 Å². The van der Waals surface area contributed by atoms with Crippen molar-refractivity contribution >= 4 is 22.5 Å². The molecule has 2 heterocycles. The number of nitrogens with one attached hydrogen (secondary N) is 1. The molecule has 3 saturated carbocycles. The highest BCUT2D eigenvalue weighted by atomic mass is 19.1. The van der Waals surface area contributed by atoms with E-state index in [9.17, 15) is 14.4 Å². The fourth-order valence-corrected chi connectivity index (χ4v) is 7.96. The molecule has 9 nitrogen and oxygen atoms in total. The number of methoxy groups -OCH3 is 1. The van der Waals surface area contributed by atoms with Crippen molar-refractivity contribution in [2.24, 2.45) is 28.2 Å². The van der Waals surface area contributed by atoms with Gasteiger partial charge in [0.25, 0.3) is 5.56 Å². The van der Waals surface area contributed by atoms with Crippen molar-refractivity contribution in [1.29, 1.82) is 5.26 Å². The van der Waals surface area contributed by atoms with Crippen LogP contribution in [0, 0.1) is 40.4 Å². The van der Waals surface area contributed by atoms with Gasteiger partial charge in [-0.2, -0.15) is 5.26 Å². The summed E-state index contributed by atoms with van der Waals surface area (Å²) in [4.78, 5) is 27.5. The van der Waals surface area contributed by atoms with E-state index >= 15 is 0 Å². The SMILES string of the molecule is COc1ccc(CCn2cnc3cc(NC(=N[C@H]4C[C@@H]5C[C@@H]([C@H]4C)C5(C)C)N4C[C@H](C)N(C#N)[C@@H](C)C4)ccc3c2=O)c(F)c1. The second-order valence-electron chi connectivity index (χ2n) is 13.9. The Hall–Kier alpha value is -4.13. The van der Waals surface area contributed by atoms with Crippen LogP contribution in [0.5, 0.6) is 5.75 Å². The Morgan fingerprint density at radius 2 is 1.91 bits per heavy atom. The number of aromatic nitrogens is 2. The van der Waals surface area contributed by atoms with Crippen LogP contribution < -0.4 is 15.6 Å². The number of anilines is 1. The molecule has 2 bridgehead atoms. The van der Waals surface area contributed by atoms with Crippen LogP contribution in [0.2, 0.25) is 0 Å². The summed E-state index contributed by atoms with van der Waals surface area (Å²) >= 11 is 0. The first-order chi connectivity index (χ1) is 21.5. The number of nitrogens with zero attached hydrogens (tertiary/aromatic N) is 6. The second kappa shape index (κ2) is 12.0. The summed E-state index contributed by atoms with van der Waals surface area (Å²) in [5.41, 5.74) is 2.12. The lowest BCUT2D eigenvalue weighted by atomic mass is 9.45. The Kier molecular flexibility index (Phi) is 8.23. The standard InChI is InChI=1S/C35H44FN7O2/c1-21-17-42(18-22(2)43(21)19-37)34(40-31-14-25-13-29(23(31)3)35(25,4)5)39-26-8-10-28-32(15-26)38-20-41(33(28)44)12-11-24-7-9-27(45-6)16-30(24)36/h7-10,15-16,20-23,25,29,31H,11-14,17-18H2,1-6H3,(H,39,40)/t21-,22-,23+,25-,29-,31-/m0/s1. The summed E-state index contributed by atoms with van der Waals surface area (Å²) in [6.45, 7) is 13.0. The van der Waals surface area contributed by atoms with Gasteiger partial charge in [-0.25, -0.2) is 14.4 Å². The molecule has 238 valence electrons. The quantitative estimate of drug-likeness (QED) is 0.223. The molecule has 3 aromatic rings. The molecular weight excluding hydrogens is 569 g/mol. The van der Waals surface area contributed by atoms with Crippen molar-refractivity contribution in [1.82, 2.24) is 19.4 Å². The van der Waals surface area contributed by atoms with Gasteiger partial charge in [0.15, 0.2) is 12.2 Å². The van der Waals surface area contributed by atoms with Crippen molar-refractivity contribution in [3.8, 4) is 11.9 Å². The summed E-state index contributed by atoms with van der Waals surface area (Å²) in [6.07, 6.45) is 6.63. The first-order valence-electron chi connectivity index (χ1n) is 16.1. The maximum absolute atomic E-state index is 14.5. The van der Waals surface area contributed by atoms with Gasteiger partial charge >= 0.3 is 0 Å². The lowest BCUT2D eigenvalue weighted by Gasteiger charge is -2.61. The molecular formula is C35H44FN7O2. The van der Waals surface area contributed by atoms with Crippen molar-refractivity contribution in [2.45, 2.75) is 78.6 Å². The van der Waals surface area contributed by atoms with Gasteiger partial charge in [-0.15, -0.1) is 0 Å². The lowest BCUT2D eigenvalue weighted by Crippen LogP contribution is -2.59. The maximum Gasteiger partial charge on any atom is 0.261 e. The van der Waals surface area contributed by atoms with E-state index in [-0.39, 0.29) is 29.5 Å². The minimum Gasteiger partial charge on any atom is -0.497 e. The number of nitriles is 1. The van der Waals surface area contributed by atoms with Crippen molar-refractivity contribution in [2.75, 3.05) is 25.5 Å². The van der Waals surface area contributed by atoms with Crippen LogP contribution in [0.1, 0.15) is 53.0 Å². The van der Waals surface area contributed by atoms with Crippen molar-refractivity contribution in [3.63, 3.8) is 0 Å². The molecule has 45 heavy (non-hydrogen) atoms. The third kappa shape index (κ3) is 5.73. The largest absolute Gasteiger partial charge is 0.497 e. The number of piperazine rings is 1. The molecule has 4 fully saturated rings. The van der Waals surface area contributed by atoms with Crippen LogP contribution in [0.4, 0.5) is 10.1 Å². The topological polar surface area (TPSA) is 98.8 Å². The number of benzene rings is 2. The molecule has 1 aliphatic heterocycles. The van der Waals surface area contributed by atoms with Crippen LogP contribution in [0.15, 0.2) is 52.5 Å². The van der Waals surface area contributed by atoms with Crippen LogP contribution >= 0.6 is 0 Å². The van der Waals surface area contributed by atoms with E-state index in [2.05, 4.69) is 56.0 Å². The van der Waals surface area contributed by atoms with E-state index in [0.717, 1.165) is 18.1 Å². The fraction of sp³-hybridized carbons (Fsp3) is 0.543. The molecule has 0 amide bonds. The van der Waals surface area contributed by atoms with Crippen molar-refractivity contribution < 1.29 is 9.13 Å². The van der Waals surface area contributed by atoms with Gasteiger partial charge in [-0.3, -0.25) is 9.36 Å². The minimum absolute atomic E-state index is 0.0602. The molecule has 10 heteroatoms. The van der Waals surface area contributed by atoms with E-state index in [0.29, 0.717) is 71.4 Å². The summed E-state index contributed by atoms with van der Waals surface area (Å²) in [5.74, 6) is 2.77. The van der Waals surface area contributed by atoms with E-state index in [4.69, 9.17) is 9.73 Å². The van der Waals surface area contributed by atoms with Crippen LogP contribution in [0.3, 0.4) is 0 Å². The number of ether oxygens (including phenoxy) is 1. The van der Waals surface area contributed by atoms with Gasteiger partial charge in [0, 0.05) is 31.4 Å². The Bertz CT molecular complexity index is 1700. The van der Waals surface area contributed by atoms with Gasteiger partial charge in [0.1, 0.15) is 11.6 Å². The number of fused-ring (bicyclic) bond motifs is 3. The molecule has 1 aromatic heterocycles. The molecule has 4 aliphatic rings. The zero-order valence-corrected chi connectivity index (χ0v) is 27.1. The van der Waals surface area contributed by atoms with Crippen molar-refractivity contribution in [3.05, 3.63) is 64.5 Å². The molecule has 1 N–H and O–H groups in total. The maximum atomic E-state index is 14.5. The Morgan fingerprint density at radius 1 is 1.16 bits per heavy atom. The van der Waals surface area contributed by atoms with E-state index in [1.54, 1.807) is 18.2 Å². The van der Waals surface area contributed by atoms with Crippen LogP contribution in [0.25, 0.3) is 10.9 Å². The Labute approximate surface area is 264 Å². The van der Waals surface area contributed by atoms with Gasteiger partial charge in [0.05, 0.1) is 42.5 Å². The second-order valence-corrected chi connectivity index (χ2v) is 13.9. The number of rotatable bonds is 6. The average molecular weight is 614 g/mol. The predicted octanol–water partition coefficient (Wildman–Crippen LogP) is 5.50. The summed E-state index contributed by atoms with van der Waals surface area (Å²) in [5, 5.41) is 13.8. The van der Waals surface area contributed by atoms with Gasteiger partial charge in [-0.1, -0.05) is 26.8 Å². The number of hydrogen-bond donors (Lipinski definition) is 1. The number of aliphatic imine (C=N–C) groups is 1. The van der Waals surface area contributed by atoms with E-state index in [1.807, 2.05) is 17.0 Å². The molecule has 3 aliphatic carbocycles. The lowest BCUT2D eigenvalue weighted by molar-refractivity contribution is -0.108. The highest BCUT2D eigenvalue weighted by Gasteiger charge is 2.56. The van der Waals surface area contributed by atoms with Gasteiger partial charge < -0.3 is 19.9 Å². The van der Waals surface area contributed by atoms with E-state index in [1.165, 1.54) is 30.5 Å². The third-order valence-corrected chi connectivity index (χ3v) is 10.9. The number of hydrogen-bond acceptors (Lipinski definition) is 6. The molecule has 0 unspecified atom stereocenters. The Morgan fingerprint density at radius 3 is 2.56 bits per heavy atom. The average Bonchev–Trinajstić information content (AvgIpc) is 3.01. The zero-order valence-electron chi connectivity index (χ0n) is 27.1. The number of aryl methyl sites for hydroxylation is 2. The third-order valence-electron chi connectivity index (χ3n) is 10.9. The summed E-state index contributed by atoms with van der Waals surface area (Å²) in [7, 11) is 1.50. The normalized spacial score (nSPS) is 27.6. The summed E-state index contributed by atoms with van der Waals surface area (Å²) in [6, 6.07) is 10.7. The molecule has 6 atom stereocenters. The highest BCUT2D eigenvalue weighted by Crippen LogP contribution is 2.61. The Balaban J connectivity index is 1.25. The first-order valence-corrected chi connectivity index (χ1v) is 16.1. The smallest absolute Gasteiger partial charge is 0.261 e. The van der Waals surface area contributed by atoms with Gasteiger partial charge in [-0.05, 0) is 86.1 Å². The summed E-state index contributed by atoms with van der Waals surface area (Å²) < 4.78 is 21.1. The monoisotopic (exact) mass is 613 g/mol. The highest BCUT2D eigenvalue weighted by molar-refractivity contribution is 5.96. The predicted molar refractivity (Wildman–Crippen MR) is 175 cm³/mol.